The zero-order valence-corrected chi connectivity index (χ0v) is 12.4. The minimum atomic E-state index is 0.312. The zero-order valence-electron chi connectivity index (χ0n) is 10.9. The molecule has 1 fully saturated rings. The molecule has 4 nitrogen and oxygen atoms in total. The SMILES string of the molecule is Clc1cccc(Cl)c1Cc1noc([C@@H]2CCCNC2)n1. The molecule has 1 aromatic heterocycles. The van der Waals surface area contributed by atoms with Gasteiger partial charge in [0.25, 0.3) is 0 Å². The van der Waals surface area contributed by atoms with Crippen LogP contribution in [0, 0.1) is 0 Å². The number of rotatable bonds is 3. The minimum Gasteiger partial charge on any atom is -0.339 e. The summed E-state index contributed by atoms with van der Waals surface area (Å²) in [5.41, 5.74) is 0.838. The van der Waals surface area contributed by atoms with E-state index in [4.69, 9.17) is 27.7 Å². The zero-order chi connectivity index (χ0) is 13.9. The number of nitrogens with zero attached hydrogens (tertiary/aromatic N) is 2. The molecule has 106 valence electrons. The first-order valence-corrected chi connectivity index (χ1v) is 7.45. The number of piperidine rings is 1. The van der Waals surface area contributed by atoms with Gasteiger partial charge in [0.15, 0.2) is 5.82 Å². The first kappa shape index (κ1) is 13.9. The predicted molar refractivity (Wildman–Crippen MR) is 78.4 cm³/mol. The van der Waals surface area contributed by atoms with Crippen LogP contribution in [0.15, 0.2) is 22.7 Å². The summed E-state index contributed by atoms with van der Waals surface area (Å²) in [6.07, 6.45) is 2.71. The van der Waals surface area contributed by atoms with E-state index in [0.717, 1.165) is 31.5 Å². The summed E-state index contributed by atoms with van der Waals surface area (Å²) in [6, 6.07) is 5.45. The van der Waals surface area contributed by atoms with Crippen molar-refractivity contribution in [2.24, 2.45) is 0 Å². The highest BCUT2D eigenvalue weighted by Gasteiger charge is 2.21. The Morgan fingerprint density at radius 3 is 2.80 bits per heavy atom. The number of halogens is 2. The smallest absolute Gasteiger partial charge is 0.231 e. The Hall–Kier alpha value is -1.10. The van der Waals surface area contributed by atoms with Gasteiger partial charge in [-0.2, -0.15) is 4.98 Å². The first-order chi connectivity index (χ1) is 9.74. The standard InChI is InChI=1S/C14H15Cl2N3O/c15-11-4-1-5-12(16)10(11)7-13-18-14(20-19-13)9-3-2-6-17-8-9/h1,4-5,9,17H,2-3,6-8H2/t9-/m1/s1. The lowest BCUT2D eigenvalue weighted by atomic mass is 10.00. The molecule has 1 aliphatic heterocycles. The average molecular weight is 312 g/mol. The van der Waals surface area contributed by atoms with Crippen molar-refractivity contribution in [1.82, 2.24) is 15.5 Å². The second-order valence-corrected chi connectivity index (χ2v) is 5.78. The Morgan fingerprint density at radius 1 is 1.30 bits per heavy atom. The Kier molecular flexibility index (Phi) is 4.24. The molecule has 1 saturated heterocycles. The van der Waals surface area contributed by atoms with Crippen LogP contribution in [0.25, 0.3) is 0 Å². The largest absolute Gasteiger partial charge is 0.339 e. The predicted octanol–water partition coefficient (Wildman–Crippen LogP) is 3.43. The Bertz CT molecular complexity index is 574. The fourth-order valence-electron chi connectivity index (χ4n) is 2.43. The molecule has 20 heavy (non-hydrogen) atoms. The fourth-order valence-corrected chi connectivity index (χ4v) is 2.96. The van der Waals surface area contributed by atoms with Gasteiger partial charge in [-0.15, -0.1) is 0 Å². The second kappa shape index (κ2) is 6.12. The van der Waals surface area contributed by atoms with E-state index in [0.29, 0.717) is 34.1 Å². The second-order valence-electron chi connectivity index (χ2n) is 4.97. The number of hydrogen-bond donors (Lipinski definition) is 1. The maximum atomic E-state index is 6.15. The van der Waals surface area contributed by atoms with E-state index < -0.39 is 0 Å². The maximum Gasteiger partial charge on any atom is 0.231 e. The summed E-state index contributed by atoms with van der Waals surface area (Å²) >= 11 is 12.3. The quantitative estimate of drug-likeness (QED) is 0.943. The van der Waals surface area contributed by atoms with Crippen LogP contribution in [0.5, 0.6) is 0 Å². The maximum absolute atomic E-state index is 6.15. The van der Waals surface area contributed by atoms with Gasteiger partial charge in [0.1, 0.15) is 0 Å². The van der Waals surface area contributed by atoms with Crippen molar-refractivity contribution in [3.63, 3.8) is 0 Å². The monoisotopic (exact) mass is 311 g/mol. The Morgan fingerprint density at radius 2 is 2.10 bits per heavy atom. The van der Waals surface area contributed by atoms with Crippen molar-refractivity contribution in [2.45, 2.75) is 25.2 Å². The minimum absolute atomic E-state index is 0.312. The molecule has 2 aromatic rings. The highest BCUT2D eigenvalue weighted by Crippen LogP contribution is 2.27. The third-order valence-electron chi connectivity index (χ3n) is 3.53. The van der Waals surface area contributed by atoms with E-state index in [2.05, 4.69) is 15.5 Å². The number of nitrogens with one attached hydrogen (secondary N) is 1. The molecule has 0 spiro atoms. The first-order valence-electron chi connectivity index (χ1n) is 6.70. The molecule has 1 aromatic carbocycles. The molecule has 2 heterocycles. The molecular formula is C14H15Cl2N3O. The van der Waals surface area contributed by atoms with Crippen LogP contribution in [0.2, 0.25) is 10.0 Å². The third-order valence-corrected chi connectivity index (χ3v) is 4.23. The molecule has 1 N–H and O–H groups in total. The Balaban J connectivity index is 1.77. The van der Waals surface area contributed by atoms with Crippen molar-refractivity contribution in [3.8, 4) is 0 Å². The van der Waals surface area contributed by atoms with Gasteiger partial charge in [-0.1, -0.05) is 34.4 Å². The van der Waals surface area contributed by atoms with Crippen molar-refractivity contribution < 1.29 is 4.52 Å². The van der Waals surface area contributed by atoms with Gasteiger partial charge in [-0.3, -0.25) is 0 Å². The van der Waals surface area contributed by atoms with E-state index in [1.807, 2.05) is 18.2 Å². The average Bonchev–Trinajstić information content (AvgIpc) is 2.93. The van der Waals surface area contributed by atoms with Gasteiger partial charge in [-0.05, 0) is 37.1 Å². The number of benzene rings is 1. The van der Waals surface area contributed by atoms with Gasteiger partial charge >= 0.3 is 0 Å². The molecule has 0 radical (unpaired) electrons. The van der Waals surface area contributed by atoms with Crippen LogP contribution < -0.4 is 5.32 Å². The van der Waals surface area contributed by atoms with E-state index in [9.17, 15) is 0 Å². The highest BCUT2D eigenvalue weighted by atomic mass is 35.5. The lowest BCUT2D eigenvalue weighted by Gasteiger charge is -2.18. The summed E-state index contributed by atoms with van der Waals surface area (Å²) in [5, 5.41) is 8.63. The molecular weight excluding hydrogens is 297 g/mol. The van der Waals surface area contributed by atoms with Crippen LogP contribution in [0.4, 0.5) is 0 Å². The van der Waals surface area contributed by atoms with Gasteiger partial charge < -0.3 is 9.84 Å². The molecule has 0 unspecified atom stereocenters. The van der Waals surface area contributed by atoms with Gasteiger partial charge in [-0.25, -0.2) is 0 Å². The van der Waals surface area contributed by atoms with Crippen LogP contribution in [0.1, 0.15) is 36.0 Å². The molecule has 0 amide bonds. The molecule has 1 aliphatic rings. The van der Waals surface area contributed by atoms with Crippen LogP contribution in [-0.2, 0) is 6.42 Å². The molecule has 6 heteroatoms. The van der Waals surface area contributed by atoms with Gasteiger partial charge in [0.2, 0.25) is 5.89 Å². The fraction of sp³-hybridized carbons (Fsp3) is 0.429. The summed E-state index contributed by atoms with van der Waals surface area (Å²) < 4.78 is 5.37. The van der Waals surface area contributed by atoms with Crippen LogP contribution in [0.3, 0.4) is 0 Å². The summed E-state index contributed by atoms with van der Waals surface area (Å²) in [7, 11) is 0. The molecule has 0 saturated carbocycles. The van der Waals surface area contributed by atoms with Gasteiger partial charge in [0.05, 0.1) is 5.92 Å². The molecule has 0 aliphatic carbocycles. The number of hydrogen-bond acceptors (Lipinski definition) is 4. The summed E-state index contributed by atoms with van der Waals surface area (Å²) in [4.78, 5) is 4.48. The van der Waals surface area contributed by atoms with E-state index >= 15 is 0 Å². The van der Waals surface area contributed by atoms with Crippen molar-refractivity contribution in [1.29, 1.82) is 0 Å². The van der Waals surface area contributed by atoms with Crippen LogP contribution in [-0.4, -0.2) is 23.2 Å². The molecule has 3 rings (SSSR count). The van der Waals surface area contributed by atoms with Gasteiger partial charge in [0, 0.05) is 23.0 Å². The highest BCUT2D eigenvalue weighted by molar-refractivity contribution is 6.36. The lowest BCUT2D eigenvalue weighted by molar-refractivity contribution is 0.320. The lowest BCUT2D eigenvalue weighted by Crippen LogP contribution is -2.28. The van der Waals surface area contributed by atoms with E-state index in [-0.39, 0.29) is 0 Å². The summed E-state index contributed by atoms with van der Waals surface area (Å²) in [6.45, 7) is 1.96. The van der Waals surface area contributed by atoms with E-state index in [1.165, 1.54) is 0 Å². The normalized spacial score (nSPS) is 19.2. The van der Waals surface area contributed by atoms with E-state index in [1.54, 1.807) is 0 Å². The van der Waals surface area contributed by atoms with Crippen molar-refractivity contribution in [3.05, 3.63) is 45.5 Å². The van der Waals surface area contributed by atoms with Crippen molar-refractivity contribution in [2.75, 3.05) is 13.1 Å². The number of aromatic nitrogens is 2. The Labute approximate surface area is 127 Å². The molecule has 1 atom stereocenters. The third kappa shape index (κ3) is 2.97. The summed E-state index contributed by atoms with van der Waals surface area (Å²) in [5.74, 6) is 1.64. The topological polar surface area (TPSA) is 51.0 Å². The van der Waals surface area contributed by atoms with Crippen molar-refractivity contribution >= 4 is 23.2 Å². The molecule has 0 bridgehead atoms. The van der Waals surface area contributed by atoms with Crippen LogP contribution >= 0.6 is 23.2 Å².